The Hall–Kier alpha value is -1.82. The average Bonchev–Trinajstić information content (AvgIpc) is 2.80. The predicted molar refractivity (Wildman–Crippen MR) is 73.1 cm³/mol. The first-order valence-electron chi connectivity index (χ1n) is 5.88. The second kappa shape index (κ2) is 5.44. The molecule has 0 unspecified atom stereocenters. The van der Waals surface area contributed by atoms with E-state index in [9.17, 15) is 9.18 Å². The van der Waals surface area contributed by atoms with E-state index in [0.29, 0.717) is 16.3 Å². The number of anilines is 1. The minimum Gasteiger partial charge on any atom is -0.296 e. The van der Waals surface area contributed by atoms with Crippen LogP contribution in [0.1, 0.15) is 40.7 Å². The minimum absolute atomic E-state index is 0.263. The van der Waals surface area contributed by atoms with Crippen LogP contribution in [0.5, 0.6) is 0 Å². The molecule has 0 radical (unpaired) electrons. The Bertz CT molecular complexity index is 610. The van der Waals surface area contributed by atoms with E-state index >= 15 is 0 Å². The summed E-state index contributed by atoms with van der Waals surface area (Å²) in [7, 11) is 0. The van der Waals surface area contributed by atoms with Crippen molar-refractivity contribution in [3.05, 3.63) is 40.2 Å². The second-order valence-corrected chi connectivity index (χ2v) is 5.52. The lowest BCUT2D eigenvalue weighted by molar-refractivity contribution is 0.102. The summed E-state index contributed by atoms with van der Waals surface area (Å²) in [5, 5.41) is 11.8. The zero-order chi connectivity index (χ0) is 14.0. The van der Waals surface area contributed by atoms with Gasteiger partial charge in [-0.05, 0) is 24.6 Å². The van der Waals surface area contributed by atoms with Crippen molar-refractivity contribution in [2.75, 3.05) is 5.32 Å². The number of aryl methyl sites for hydroxylation is 1. The molecule has 0 aliphatic rings. The van der Waals surface area contributed by atoms with Gasteiger partial charge >= 0.3 is 0 Å². The van der Waals surface area contributed by atoms with Crippen LogP contribution in [0, 0.1) is 12.7 Å². The summed E-state index contributed by atoms with van der Waals surface area (Å²) in [5.41, 5.74) is 1.02. The first-order chi connectivity index (χ1) is 8.97. The molecule has 1 heterocycles. The highest BCUT2D eigenvalue weighted by atomic mass is 32.1. The molecule has 2 rings (SSSR count). The standard InChI is InChI=1S/C13H14FN3OS/c1-7(2)12-16-17-13(19-12)15-11(18)10-6-9(14)5-4-8(10)3/h4-7H,1-3H3,(H,15,17,18). The number of hydrogen-bond donors (Lipinski definition) is 1. The van der Waals surface area contributed by atoms with Crippen molar-refractivity contribution >= 4 is 22.4 Å². The van der Waals surface area contributed by atoms with E-state index in [-0.39, 0.29) is 11.8 Å². The highest BCUT2D eigenvalue weighted by Gasteiger charge is 2.14. The molecule has 2 aromatic rings. The smallest absolute Gasteiger partial charge is 0.257 e. The summed E-state index contributed by atoms with van der Waals surface area (Å²) in [5.74, 6) is -0.543. The van der Waals surface area contributed by atoms with E-state index in [1.54, 1.807) is 13.0 Å². The average molecular weight is 279 g/mol. The van der Waals surface area contributed by atoms with Crippen LogP contribution in [0.4, 0.5) is 9.52 Å². The third-order valence-electron chi connectivity index (χ3n) is 2.60. The van der Waals surface area contributed by atoms with Gasteiger partial charge in [-0.15, -0.1) is 10.2 Å². The summed E-state index contributed by atoms with van der Waals surface area (Å²) in [6.45, 7) is 5.76. The van der Waals surface area contributed by atoms with Crippen LogP contribution in [0.15, 0.2) is 18.2 Å². The normalized spacial score (nSPS) is 10.8. The number of carbonyl (C=O) groups excluding carboxylic acids is 1. The highest BCUT2D eigenvalue weighted by molar-refractivity contribution is 7.15. The summed E-state index contributed by atoms with van der Waals surface area (Å²) in [6.07, 6.45) is 0. The van der Waals surface area contributed by atoms with Gasteiger partial charge in [0, 0.05) is 11.5 Å². The van der Waals surface area contributed by atoms with E-state index in [1.807, 2.05) is 13.8 Å². The van der Waals surface area contributed by atoms with E-state index in [4.69, 9.17) is 0 Å². The van der Waals surface area contributed by atoms with Gasteiger partial charge in [0.25, 0.3) is 5.91 Å². The van der Waals surface area contributed by atoms with Crippen molar-refractivity contribution in [1.29, 1.82) is 0 Å². The van der Waals surface area contributed by atoms with Crippen LogP contribution in [-0.4, -0.2) is 16.1 Å². The molecule has 1 aromatic carbocycles. The molecule has 0 saturated carbocycles. The molecular formula is C13H14FN3OS. The number of amides is 1. The molecule has 100 valence electrons. The van der Waals surface area contributed by atoms with Crippen LogP contribution in [0.3, 0.4) is 0 Å². The number of carbonyl (C=O) groups is 1. The van der Waals surface area contributed by atoms with Gasteiger partial charge in [0.2, 0.25) is 5.13 Å². The minimum atomic E-state index is -0.434. The summed E-state index contributed by atoms with van der Waals surface area (Å²) in [6, 6.07) is 4.12. The van der Waals surface area contributed by atoms with Crippen LogP contribution < -0.4 is 5.32 Å². The number of benzene rings is 1. The van der Waals surface area contributed by atoms with Gasteiger partial charge in [0.05, 0.1) is 0 Å². The quantitative estimate of drug-likeness (QED) is 0.937. The fraction of sp³-hybridized carbons (Fsp3) is 0.308. The maximum Gasteiger partial charge on any atom is 0.257 e. The Balaban J connectivity index is 2.18. The molecule has 0 bridgehead atoms. The monoisotopic (exact) mass is 279 g/mol. The van der Waals surface area contributed by atoms with Gasteiger partial charge in [-0.2, -0.15) is 0 Å². The maximum absolute atomic E-state index is 13.2. The van der Waals surface area contributed by atoms with Gasteiger partial charge in [-0.1, -0.05) is 31.3 Å². The van der Waals surface area contributed by atoms with Gasteiger partial charge < -0.3 is 0 Å². The van der Waals surface area contributed by atoms with Gasteiger partial charge in [-0.25, -0.2) is 4.39 Å². The third kappa shape index (κ3) is 3.14. The number of hydrogen-bond acceptors (Lipinski definition) is 4. The number of rotatable bonds is 3. The molecule has 6 heteroatoms. The molecule has 0 saturated heterocycles. The number of nitrogens with one attached hydrogen (secondary N) is 1. The molecule has 4 nitrogen and oxygen atoms in total. The van der Waals surface area contributed by atoms with Crippen LogP contribution in [0.2, 0.25) is 0 Å². The molecule has 0 spiro atoms. The Morgan fingerprint density at radius 1 is 1.37 bits per heavy atom. The lowest BCUT2D eigenvalue weighted by Crippen LogP contribution is -2.13. The van der Waals surface area contributed by atoms with Crippen molar-refractivity contribution in [3.8, 4) is 0 Å². The van der Waals surface area contributed by atoms with Crippen molar-refractivity contribution in [2.24, 2.45) is 0 Å². The first-order valence-corrected chi connectivity index (χ1v) is 6.70. The lowest BCUT2D eigenvalue weighted by Gasteiger charge is -2.04. The van der Waals surface area contributed by atoms with Crippen LogP contribution in [-0.2, 0) is 0 Å². The third-order valence-corrected chi connectivity index (χ3v) is 3.74. The second-order valence-electron chi connectivity index (χ2n) is 4.51. The molecule has 0 aliphatic heterocycles. The molecule has 0 fully saturated rings. The number of halogens is 1. The Kier molecular flexibility index (Phi) is 3.90. The fourth-order valence-corrected chi connectivity index (χ4v) is 2.26. The van der Waals surface area contributed by atoms with Gasteiger partial charge in [0.1, 0.15) is 10.8 Å². The molecule has 19 heavy (non-hydrogen) atoms. The van der Waals surface area contributed by atoms with Crippen molar-refractivity contribution in [3.63, 3.8) is 0 Å². The van der Waals surface area contributed by atoms with E-state index in [1.165, 1.54) is 23.5 Å². The number of aromatic nitrogens is 2. The molecule has 0 aliphatic carbocycles. The Morgan fingerprint density at radius 3 is 2.74 bits per heavy atom. The predicted octanol–water partition coefficient (Wildman–Crippen LogP) is 3.36. The molecule has 1 N–H and O–H groups in total. The summed E-state index contributed by atoms with van der Waals surface area (Å²) in [4.78, 5) is 12.0. The molecule has 1 amide bonds. The topological polar surface area (TPSA) is 54.9 Å². The molecule has 0 atom stereocenters. The summed E-state index contributed by atoms with van der Waals surface area (Å²) >= 11 is 1.33. The zero-order valence-corrected chi connectivity index (χ0v) is 11.7. The van der Waals surface area contributed by atoms with Crippen molar-refractivity contribution in [1.82, 2.24) is 10.2 Å². The van der Waals surface area contributed by atoms with Crippen molar-refractivity contribution in [2.45, 2.75) is 26.7 Å². The van der Waals surface area contributed by atoms with E-state index in [2.05, 4.69) is 15.5 Å². The van der Waals surface area contributed by atoms with Crippen LogP contribution in [0.25, 0.3) is 0 Å². The number of nitrogens with zero attached hydrogens (tertiary/aromatic N) is 2. The molecule has 1 aromatic heterocycles. The molecular weight excluding hydrogens is 265 g/mol. The lowest BCUT2D eigenvalue weighted by atomic mass is 10.1. The van der Waals surface area contributed by atoms with Gasteiger partial charge in [0.15, 0.2) is 0 Å². The zero-order valence-electron chi connectivity index (χ0n) is 10.9. The SMILES string of the molecule is Cc1ccc(F)cc1C(=O)Nc1nnc(C(C)C)s1. The first kappa shape index (κ1) is 13.6. The van der Waals surface area contributed by atoms with Crippen molar-refractivity contribution < 1.29 is 9.18 Å². The Morgan fingerprint density at radius 2 is 2.11 bits per heavy atom. The van der Waals surface area contributed by atoms with E-state index < -0.39 is 5.82 Å². The summed E-state index contributed by atoms with van der Waals surface area (Å²) < 4.78 is 13.2. The highest BCUT2D eigenvalue weighted by Crippen LogP contribution is 2.23. The Labute approximate surface area is 114 Å². The fourth-order valence-electron chi connectivity index (χ4n) is 1.52. The van der Waals surface area contributed by atoms with E-state index in [0.717, 1.165) is 5.01 Å². The van der Waals surface area contributed by atoms with Crippen LogP contribution >= 0.6 is 11.3 Å². The largest absolute Gasteiger partial charge is 0.296 e. The van der Waals surface area contributed by atoms with Gasteiger partial charge in [-0.3, -0.25) is 10.1 Å². The maximum atomic E-state index is 13.2.